The smallest absolute Gasteiger partial charge is 0.0192 e. The van der Waals surface area contributed by atoms with E-state index in [9.17, 15) is 8.76 Å². The maximum absolute atomic E-state index is 9.86. The first kappa shape index (κ1) is 8.46. The standard InChI is InChI=1S/C4H10O2S2/c1-2-7-3-4-8(5)6/h2-4H2,1H3,(H,5,6)/p-1. The summed E-state index contributed by atoms with van der Waals surface area (Å²) in [6.45, 7) is 2.01. The first-order valence-electron chi connectivity index (χ1n) is 2.41. The molecule has 0 aliphatic heterocycles. The summed E-state index contributed by atoms with van der Waals surface area (Å²) in [5, 5.41) is 0. The molecule has 4 heteroatoms. The van der Waals surface area contributed by atoms with Crippen LogP contribution in [0.3, 0.4) is 0 Å². The van der Waals surface area contributed by atoms with E-state index in [0.717, 1.165) is 11.5 Å². The zero-order chi connectivity index (χ0) is 6.41. The van der Waals surface area contributed by atoms with Crippen LogP contribution in [0.4, 0.5) is 0 Å². The minimum absolute atomic E-state index is 0.290. The highest BCUT2D eigenvalue weighted by atomic mass is 32.2. The molecule has 0 aliphatic rings. The third kappa shape index (κ3) is 6.46. The first-order chi connectivity index (χ1) is 3.77. The molecular weight excluding hydrogens is 144 g/mol. The van der Waals surface area contributed by atoms with Crippen LogP contribution in [0.1, 0.15) is 6.92 Å². The average molecular weight is 153 g/mol. The summed E-state index contributed by atoms with van der Waals surface area (Å²) in [5.74, 6) is 2.02. The number of hydrogen-bond donors (Lipinski definition) is 0. The summed E-state index contributed by atoms with van der Waals surface area (Å²) in [6, 6.07) is 0. The van der Waals surface area contributed by atoms with Gasteiger partial charge in [-0.15, -0.1) is 0 Å². The van der Waals surface area contributed by atoms with Gasteiger partial charge in [0.2, 0.25) is 0 Å². The summed E-state index contributed by atoms with van der Waals surface area (Å²) < 4.78 is 19.7. The fourth-order valence-corrected chi connectivity index (χ4v) is 1.58. The fourth-order valence-electron chi connectivity index (χ4n) is 0.271. The van der Waals surface area contributed by atoms with Crippen LogP contribution in [-0.4, -0.2) is 26.0 Å². The van der Waals surface area contributed by atoms with E-state index < -0.39 is 11.1 Å². The molecule has 0 saturated carbocycles. The second kappa shape index (κ2) is 5.59. The van der Waals surface area contributed by atoms with Gasteiger partial charge in [0.15, 0.2) is 0 Å². The molecule has 0 fully saturated rings. The Kier molecular flexibility index (Phi) is 5.92. The van der Waals surface area contributed by atoms with Crippen molar-refractivity contribution in [3.63, 3.8) is 0 Å². The van der Waals surface area contributed by atoms with Crippen molar-refractivity contribution in [2.24, 2.45) is 0 Å². The molecule has 8 heavy (non-hydrogen) atoms. The van der Waals surface area contributed by atoms with E-state index in [0.29, 0.717) is 5.75 Å². The zero-order valence-electron chi connectivity index (χ0n) is 4.75. The molecular formula is C4H9O2S2-. The first-order valence-corrected chi connectivity index (χ1v) is 4.81. The molecule has 0 radical (unpaired) electrons. The van der Waals surface area contributed by atoms with Crippen LogP contribution in [0.25, 0.3) is 0 Å². The zero-order valence-corrected chi connectivity index (χ0v) is 6.39. The fraction of sp³-hybridized carbons (Fsp3) is 1.00. The molecule has 0 rings (SSSR count). The van der Waals surface area contributed by atoms with Crippen molar-refractivity contribution in [1.82, 2.24) is 0 Å². The van der Waals surface area contributed by atoms with E-state index in [4.69, 9.17) is 0 Å². The van der Waals surface area contributed by atoms with Gasteiger partial charge in [-0.05, 0) is 5.75 Å². The Balaban J connectivity index is 2.82. The Bertz CT molecular complexity index is 74.4. The van der Waals surface area contributed by atoms with Gasteiger partial charge in [-0.25, -0.2) is 0 Å². The monoisotopic (exact) mass is 153 g/mol. The lowest BCUT2D eigenvalue weighted by atomic mass is 10.9. The Hall–Kier alpha value is 0.460. The quantitative estimate of drug-likeness (QED) is 0.439. The average Bonchev–Trinajstić information content (AvgIpc) is 1.66. The van der Waals surface area contributed by atoms with Crippen LogP contribution in [-0.2, 0) is 11.1 Å². The van der Waals surface area contributed by atoms with Crippen molar-refractivity contribution < 1.29 is 8.76 Å². The molecule has 1 unspecified atom stereocenters. The Morgan fingerprint density at radius 2 is 2.38 bits per heavy atom. The van der Waals surface area contributed by atoms with Crippen LogP contribution in [0, 0.1) is 0 Å². The number of thioether (sulfide) groups is 1. The Morgan fingerprint density at radius 1 is 1.75 bits per heavy atom. The van der Waals surface area contributed by atoms with Gasteiger partial charge in [0.25, 0.3) is 0 Å². The van der Waals surface area contributed by atoms with Crippen molar-refractivity contribution in [2.45, 2.75) is 6.92 Å². The molecule has 50 valence electrons. The highest BCUT2D eigenvalue weighted by Gasteiger charge is 1.83. The maximum Gasteiger partial charge on any atom is 0.0192 e. The van der Waals surface area contributed by atoms with Crippen LogP contribution in [0.2, 0.25) is 0 Å². The summed E-state index contributed by atoms with van der Waals surface area (Å²) >= 11 is -0.195. The molecule has 2 nitrogen and oxygen atoms in total. The van der Waals surface area contributed by atoms with E-state index in [-0.39, 0.29) is 0 Å². The third-order valence-corrected chi connectivity index (χ3v) is 2.30. The van der Waals surface area contributed by atoms with E-state index in [1.54, 1.807) is 11.8 Å². The van der Waals surface area contributed by atoms with Crippen LogP contribution < -0.4 is 0 Å². The van der Waals surface area contributed by atoms with Crippen molar-refractivity contribution in [2.75, 3.05) is 17.3 Å². The highest BCUT2D eigenvalue weighted by Crippen LogP contribution is 1.96. The molecule has 0 heterocycles. The normalized spacial score (nSPS) is 13.8. The van der Waals surface area contributed by atoms with Gasteiger partial charge in [-0.3, -0.25) is 4.21 Å². The van der Waals surface area contributed by atoms with Gasteiger partial charge in [0.05, 0.1) is 0 Å². The second-order valence-corrected chi connectivity index (χ2v) is 3.61. The lowest BCUT2D eigenvalue weighted by molar-refractivity contribution is 0.538. The predicted molar refractivity (Wildman–Crippen MR) is 36.8 cm³/mol. The van der Waals surface area contributed by atoms with E-state index >= 15 is 0 Å². The highest BCUT2D eigenvalue weighted by molar-refractivity contribution is 7.99. The van der Waals surface area contributed by atoms with Crippen molar-refractivity contribution in [3.8, 4) is 0 Å². The van der Waals surface area contributed by atoms with Gasteiger partial charge in [0, 0.05) is 11.5 Å². The van der Waals surface area contributed by atoms with Crippen LogP contribution in [0.5, 0.6) is 0 Å². The molecule has 0 amide bonds. The summed E-state index contributed by atoms with van der Waals surface area (Å²) in [7, 11) is 0. The summed E-state index contributed by atoms with van der Waals surface area (Å²) in [4.78, 5) is 0. The molecule has 0 bridgehead atoms. The van der Waals surface area contributed by atoms with Crippen molar-refractivity contribution in [3.05, 3.63) is 0 Å². The van der Waals surface area contributed by atoms with Gasteiger partial charge in [-0.1, -0.05) is 18.0 Å². The topological polar surface area (TPSA) is 40.1 Å². The molecule has 0 N–H and O–H groups in total. The minimum atomic E-state index is -1.84. The SMILES string of the molecule is CCSCCS(=O)[O-]. The third-order valence-electron chi connectivity index (χ3n) is 0.598. The van der Waals surface area contributed by atoms with Crippen LogP contribution in [0.15, 0.2) is 0 Å². The molecule has 0 aromatic heterocycles. The number of rotatable bonds is 4. The second-order valence-electron chi connectivity index (χ2n) is 1.20. The van der Waals surface area contributed by atoms with Gasteiger partial charge in [0.1, 0.15) is 0 Å². The van der Waals surface area contributed by atoms with Gasteiger partial charge in [-0.2, -0.15) is 11.8 Å². The van der Waals surface area contributed by atoms with Crippen molar-refractivity contribution >= 4 is 22.8 Å². The summed E-state index contributed by atoms with van der Waals surface area (Å²) in [6.07, 6.45) is 0. The molecule has 0 saturated heterocycles. The molecule has 0 aromatic carbocycles. The lowest BCUT2D eigenvalue weighted by Crippen LogP contribution is -1.97. The van der Waals surface area contributed by atoms with E-state index in [1.807, 2.05) is 6.92 Å². The largest absolute Gasteiger partial charge is 0.772 e. The molecule has 0 spiro atoms. The Morgan fingerprint density at radius 3 is 2.75 bits per heavy atom. The predicted octanol–water partition coefficient (Wildman–Crippen LogP) is 0.619. The number of hydrogen-bond acceptors (Lipinski definition) is 3. The van der Waals surface area contributed by atoms with Gasteiger partial charge >= 0.3 is 0 Å². The van der Waals surface area contributed by atoms with E-state index in [1.165, 1.54) is 0 Å². The van der Waals surface area contributed by atoms with Crippen LogP contribution >= 0.6 is 11.8 Å². The molecule has 1 atom stereocenters. The van der Waals surface area contributed by atoms with Crippen molar-refractivity contribution in [1.29, 1.82) is 0 Å². The molecule has 0 aromatic rings. The molecule has 0 aliphatic carbocycles. The summed E-state index contributed by atoms with van der Waals surface area (Å²) in [5.41, 5.74) is 0. The lowest BCUT2D eigenvalue weighted by Gasteiger charge is -2.01. The van der Waals surface area contributed by atoms with E-state index in [2.05, 4.69) is 0 Å². The minimum Gasteiger partial charge on any atom is -0.772 e. The Labute approximate surface area is 56.3 Å². The maximum atomic E-state index is 9.86. The van der Waals surface area contributed by atoms with Gasteiger partial charge < -0.3 is 4.55 Å².